The van der Waals surface area contributed by atoms with Crippen LogP contribution in [0.4, 0.5) is 0 Å². The van der Waals surface area contributed by atoms with Gasteiger partial charge in [-0.2, -0.15) is 0 Å². The zero-order chi connectivity index (χ0) is 12.2. The molecule has 0 heteroatoms. The Morgan fingerprint density at radius 1 is 0.824 bits per heavy atom. The van der Waals surface area contributed by atoms with Gasteiger partial charge in [0.25, 0.3) is 0 Å². The van der Waals surface area contributed by atoms with Crippen molar-refractivity contribution in [2.75, 3.05) is 0 Å². The maximum Gasteiger partial charge on any atom is -0.0260 e. The van der Waals surface area contributed by atoms with E-state index in [0.29, 0.717) is 0 Å². The highest BCUT2D eigenvalue weighted by molar-refractivity contribution is 5.47. The fourth-order valence-corrected chi connectivity index (χ4v) is 1.87. The van der Waals surface area contributed by atoms with Crippen LogP contribution in [-0.2, 0) is 0 Å². The van der Waals surface area contributed by atoms with Gasteiger partial charge in [0, 0.05) is 0 Å². The van der Waals surface area contributed by atoms with Crippen molar-refractivity contribution in [3.8, 4) is 0 Å². The molecule has 1 aliphatic rings. The summed E-state index contributed by atoms with van der Waals surface area (Å²) in [4.78, 5) is 0. The van der Waals surface area contributed by atoms with E-state index in [-0.39, 0.29) is 0 Å². The lowest BCUT2D eigenvalue weighted by Crippen LogP contribution is -1.80. The SMILES string of the molecule is C1=C\CCCCCC/1.CC=Cc1ccccc1. The molecule has 0 amide bonds. The normalized spacial score (nSPS) is 17.7. The Kier molecular flexibility index (Phi) is 8.01. The second-order valence-corrected chi connectivity index (χ2v) is 4.37. The molecular formula is C17H24. The number of rotatable bonds is 1. The van der Waals surface area contributed by atoms with Gasteiger partial charge in [0.1, 0.15) is 0 Å². The smallest absolute Gasteiger partial charge is 0.0260 e. The molecule has 0 atom stereocenters. The first kappa shape index (κ1) is 13.8. The summed E-state index contributed by atoms with van der Waals surface area (Å²) in [5.41, 5.74) is 1.26. The Balaban J connectivity index is 0.000000171. The van der Waals surface area contributed by atoms with Crippen molar-refractivity contribution in [3.05, 3.63) is 54.1 Å². The van der Waals surface area contributed by atoms with E-state index in [2.05, 4.69) is 30.4 Å². The monoisotopic (exact) mass is 228 g/mol. The molecule has 0 heterocycles. The van der Waals surface area contributed by atoms with Crippen molar-refractivity contribution in [1.29, 1.82) is 0 Å². The van der Waals surface area contributed by atoms with Crippen molar-refractivity contribution in [1.82, 2.24) is 0 Å². The molecule has 17 heavy (non-hydrogen) atoms. The van der Waals surface area contributed by atoms with Crippen molar-refractivity contribution in [3.63, 3.8) is 0 Å². The largest absolute Gasteiger partial charge is 0.0885 e. The molecule has 0 aliphatic heterocycles. The van der Waals surface area contributed by atoms with Gasteiger partial charge >= 0.3 is 0 Å². The molecule has 0 N–H and O–H groups in total. The first-order chi connectivity index (χ1) is 8.43. The zero-order valence-corrected chi connectivity index (χ0v) is 10.9. The van der Waals surface area contributed by atoms with Gasteiger partial charge in [0.2, 0.25) is 0 Å². The molecule has 1 aliphatic carbocycles. The van der Waals surface area contributed by atoms with Gasteiger partial charge in [-0.1, -0.05) is 67.5 Å². The number of allylic oxidation sites excluding steroid dienone is 3. The van der Waals surface area contributed by atoms with E-state index >= 15 is 0 Å². The van der Waals surface area contributed by atoms with Crippen LogP contribution in [0.5, 0.6) is 0 Å². The molecule has 0 bridgehead atoms. The Morgan fingerprint density at radius 2 is 1.41 bits per heavy atom. The van der Waals surface area contributed by atoms with E-state index in [4.69, 9.17) is 0 Å². The lowest BCUT2D eigenvalue weighted by Gasteiger charge is -2.00. The maximum absolute atomic E-state index is 2.32. The van der Waals surface area contributed by atoms with E-state index in [9.17, 15) is 0 Å². The maximum atomic E-state index is 2.32. The summed E-state index contributed by atoms with van der Waals surface area (Å²) in [6, 6.07) is 10.3. The lowest BCUT2D eigenvalue weighted by atomic mass is 10.1. The van der Waals surface area contributed by atoms with Crippen LogP contribution >= 0.6 is 0 Å². The Labute approximate surface area is 106 Å². The Morgan fingerprint density at radius 3 is 1.94 bits per heavy atom. The van der Waals surface area contributed by atoms with Crippen LogP contribution in [0.3, 0.4) is 0 Å². The van der Waals surface area contributed by atoms with Crippen LogP contribution in [0.15, 0.2) is 48.6 Å². The van der Waals surface area contributed by atoms with Crippen LogP contribution in [-0.4, -0.2) is 0 Å². The van der Waals surface area contributed by atoms with Gasteiger partial charge in [-0.05, 0) is 38.2 Å². The van der Waals surface area contributed by atoms with Crippen LogP contribution < -0.4 is 0 Å². The quantitative estimate of drug-likeness (QED) is 0.547. The van der Waals surface area contributed by atoms with Gasteiger partial charge in [-0.15, -0.1) is 0 Å². The molecule has 1 aromatic carbocycles. The summed E-state index contributed by atoms with van der Waals surface area (Å²) < 4.78 is 0. The third-order valence-corrected chi connectivity index (χ3v) is 2.82. The van der Waals surface area contributed by atoms with Crippen molar-refractivity contribution in [2.45, 2.75) is 45.4 Å². The highest BCUT2D eigenvalue weighted by Gasteiger charge is 1.90. The minimum atomic E-state index is 1.26. The van der Waals surface area contributed by atoms with E-state index in [1.165, 1.54) is 44.1 Å². The van der Waals surface area contributed by atoms with Crippen LogP contribution in [0, 0.1) is 0 Å². The minimum absolute atomic E-state index is 1.26. The summed E-state index contributed by atoms with van der Waals surface area (Å²) in [5.74, 6) is 0. The van der Waals surface area contributed by atoms with E-state index in [1.54, 1.807) is 0 Å². The molecule has 0 saturated carbocycles. The number of hydrogen-bond donors (Lipinski definition) is 0. The molecule has 0 unspecified atom stereocenters. The van der Waals surface area contributed by atoms with Crippen molar-refractivity contribution < 1.29 is 0 Å². The van der Waals surface area contributed by atoms with Crippen LogP contribution in [0.1, 0.15) is 51.0 Å². The number of benzene rings is 1. The minimum Gasteiger partial charge on any atom is -0.0885 e. The van der Waals surface area contributed by atoms with Crippen LogP contribution in [0.2, 0.25) is 0 Å². The average Bonchev–Trinajstić information content (AvgIpc) is 2.30. The first-order valence-corrected chi connectivity index (χ1v) is 6.76. The molecule has 2 rings (SSSR count). The Bertz CT molecular complexity index is 309. The van der Waals surface area contributed by atoms with Crippen molar-refractivity contribution in [2.24, 2.45) is 0 Å². The summed E-state index contributed by atoms with van der Waals surface area (Å²) in [5, 5.41) is 0. The summed E-state index contributed by atoms with van der Waals surface area (Å²) in [6.45, 7) is 2.02. The summed E-state index contributed by atoms with van der Waals surface area (Å²) >= 11 is 0. The lowest BCUT2D eigenvalue weighted by molar-refractivity contribution is 0.638. The third-order valence-electron chi connectivity index (χ3n) is 2.82. The fourth-order valence-electron chi connectivity index (χ4n) is 1.87. The van der Waals surface area contributed by atoms with E-state index in [0.717, 1.165) is 0 Å². The van der Waals surface area contributed by atoms with Crippen molar-refractivity contribution >= 4 is 6.08 Å². The summed E-state index contributed by atoms with van der Waals surface area (Å²) in [7, 11) is 0. The van der Waals surface area contributed by atoms with Gasteiger partial charge in [-0.3, -0.25) is 0 Å². The molecule has 0 nitrogen and oxygen atoms in total. The van der Waals surface area contributed by atoms with E-state index < -0.39 is 0 Å². The third kappa shape index (κ3) is 7.57. The summed E-state index contributed by atoms with van der Waals surface area (Å²) in [6.07, 6.45) is 17.1. The predicted octanol–water partition coefficient (Wildman–Crippen LogP) is 5.62. The molecule has 1 aromatic rings. The molecule has 0 spiro atoms. The second kappa shape index (κ2) is 9.89. The highest BCUT2D eigenvalue weighted by Crippen LogP contribution is 2.09. The Hall–Kier alpha value is -1.30. The van der Waals surface area contributed by atoms with Gasteiger partial charge in [0.05, 0.1) is 0 Å². The molecule has 92 valence electrons. The molecule has 0 fully saturated rings. The highest BCUT2D eigenvalue weighted by atomic mass is 14.0. The topological polar surface area (TPSA) is 0 Å². The van der Waals surface area contributed by atoms with E-state index in [1.807, 2.05) is 31.2 Å². The number of hydrogen-bond acceptors (Lipinski definition) is 0. The van der Waals surface area contributed by atoms with Gasteiger partial charge < -0.3 is 0 Å². The van der Waals surface area contributed by atoms with Crippen LogP contribution in [0.25, 0.3) is 6.08 Å². The molecule has 0 aromatic heterocycles. The first-order valence-electron chi connectivity index (χ1n) is 6.76. The average molecular weight is 228 g/mol. The second-order valence-electron chi connectivity index (χ2n) is 4.37. The van der Waals surface area contributed by atoms with Gasteiger partial charge in [0.15, 0.2) is 0 Å². The zero-order valence-electron chi connectivity index (χ0n) is 10.9. The molecule has 0 saturated heterocycles. The standard InChI is InChI=1S/C9H10.C8H14/c1-2-6-9-7-4-3-5-8-9;1-2-4-6-8-7-5-3-1/h2-8H,1H3;1-2H,3-8H2/b;2-1-. The molecule has 0 radical (unpaired) electrons. The van der Waals surface area contributed by atoms with Gasteiger partial charge in [-0.25, -0.2) is 0 Å². The molecular weight excluding hydrogens is 204 g/mol. The fraction of sp³-hybridized carbons (Fsp3) is 0.412. The predicted molar refractivity (Wildman–Crippen MR) is 78.0 cm³/mol.